The number of benzene rings is 2. The first-order chi connectivity index (χ1) is 21.2. The highest BCUT2D eigenvalue weighted by Gasteiger charge is 2.24. The fourth-order valence-corrected chi connectivity index (χ4v) is 6.25. The van der Waals surface area contributed by atoms with Crippen molar-refractivity contribution in [1.29, 1.82) is 0 Å². The summed E-state index contributed by atoms with van der Waals surface area (Å²) in [5.74, 6) is 6.81. The number of piperazine rings is 1. The Morgan fingerprint density at radius 1 is 0.977 bits per heavy atom. The van der Waals surface area contributed by atoms with Crippen LogP contribution in [0.3, 0.4) is 0 Å². The molecule has 0 atom stereocenters. The number of hydrogen-bond donors (Lipinski definition) is 3. The monoisotopic (exact) mass is 591 g/mol. The summed E-state index contributed by atoms with van der Waals surface area (Å²) in [6.07, 6.45) is 6.52. The molecule has 0 spiro atoms. The van der Waals surface area contributed by atoms with Gasteiger partial charge < -0.3 is 25.6 Å². The van der Waals surface area contributed by atoms with E-state index in [4.69, 9.17) is 5.73 Å². The molecule has 6 rings (SSSR count). The minimum absolute atomic E-state index is 0.173. The molecule has 1 amide bonds. The summed E-state index contributed by atoms with van der Waals surface area (Å²) in [5, 5.41) is 13.8. The van der Waals surface area contributed by atoms with Crippen molar-refractivity contribution in [3.05, 3.63) is 82.3 Å². The molecule has 2 aromatic carbocycles. The number of likely N-dealkylation sites (N-methyl/N-ethyl adjacent to an activating group) is 1. The molecule has 4 N–H and O–H groups in total. The SMILES string of the molecule is Cc1ccc(C(=O)Nc2ccc(CN3CCN(C)CC3)c(C)c2)cc1C#Cc1cn([C@H]2CC[C@H](O)CC2)c2ncnc(N)c12. The zero-order chi connectivity index (χ0) is 30.8. The van der Waals surface area contributed by atoms with Crippen LogP contribution < -0.4 is 11.1 Å². The van der Waals surface area contributed by atoms with Crippen LogP contribution in [0.2, 0.25) is 0 Å². The van der Waals surface area contributed by atoms with E-state index >= 15 is 0 Å². The van der Waals surface area contributed by atoms with E-state index < -0.39 is 0 Å². The van der Waals surface area contributed by atoms with E-state index in [1.165, 1.54) is 17.5 Å². The van der Waals surface area contributed by atoms with Crippen molar-refractivity contribution >= 4 is 28.4 Å². The molecule has 1 saturated carbocycles. The van der Waals surface area contributed by atoms with Crippen LogP contribution in [0.5, 0.6) is 0 Å². The molecule has 1 aliphatic carbocycles. The third kappa shape index (κ3) is 6.48. The highest BCUT2D eigenvalue weighted by Crippen LogP contribution is 2.34. The second-order valence-electron chi connectivity index (χ2n) is 12.3. The third-order valence-corrected chi connectivity index (χ3v) is 9.12. The number of anilines is 2. The lowest BCUT2D eigenvalue weighted by Gasteiger charge is -2.32. The van der Waals surface area contributed by atoms with Crippen molar-refractivity contribution in [3.63, 3.8) is 0 Å². The standard InChI is InChI=1S/C35H41N7O2/c1-23-4-5-26(35(44)39-29-9-8-27(24(2)18-29)20-41-16-14-40(3)15-17-41)19-25(23)6-7-28-21-42(30-10-12-31(43)13-11-30)34-32(28)33(36)37-22-38-34/h4-5,8-9,18-19,21-22,30-31,43H,10-17,20H2,1-3H3,(H,39,44)(H2,36,37,38)/t30-,31-. The Morgan fingerprint density at radius 3 is 2.48 bits per heavy atom. The number of nitrogens with two attached hydrogens (primary N) is 1. The number of carbonyl (C=O) groups excluding carboxylic acids is 1. The molecule has 9 nitrogen and oxygen atoms in total. The molecular weight excluding hydrogens is 550 g/mol. The van der Waals surface area contributed by atoms with Crippen molar-refractivity contribution in [2.45, 2.75) is 58.2 Å². The number of rotatable bonds is 5. The fraction of sp³-hybridized carbons (Fsp3) is 0.400. The zero-order valence-corrected chi connectivity index (χ0v) is 25.8. The Bertz CT molecular complexity index is 1740. The second-order valence-corrected chi connectivity index (χ2v) is 12.3. The van der Waals surface area contributed by atoms with Gasteiger partial charge in [0.05, 0.1) is 17.1 Å². The van der Waals surface area contributed by atoms with Crippen molar-refractivity contribution in [3.8, 4) is 11.8 Å². The molecule has 0 bridgehead atoms. The average Bonchev–Trinajstić information content (AvgIpc) is 3.39. The number of aromatic nitrogens is 3. The fourth-order valence-electron chi connectivity index (χ4n) is 6.25. The topological polar surface area (TPSA) is 113 Å². The molecule has 0 unspecified atom stereocenters. The van der Waals surface area contributed by atoms with Gasteiger partial charge in [0, 0.05) is 61.8 Å². The van der Waals surface area contributed by atoms with Gasteiger partial charge in [-0.15, -0.1) is 0 Å². The lowest BCUT2D eigenvalue weighted by atomic mass is 9.93. The molecule has 2 fully saturated rings. The van der Waals surface area contributed by atoms with E-state index in [1.54, 1.807) is 0 Å². The van der Waals surface area contributed by atoms with Gasteiger partial charge in [-0.05, 0) is 87.5 Å². The lowest BCUT2D eigenvalue weighted by molar-refractivity contribution is 0.102. The molecule has 2 aromatic heterocycles. The van der Waals surface area contributed by atoms with Crippen molar-refractivity contribution in [2.24, 2.45) is 0 Å². The van der Waals surface area contributed by atoms with Gasteiger partial charge in [-0.1, -0.05) is 24.0 Å². The number of hydrogen-bond acceptors (Lipinski definition) is 7. The molecule has 4 aromatic rings. The summed E-state index contributed by atoms with van der Waals surface area (Å²) in [7, 11) is 2.17. The predicted molar refractivity (Wildman–Crippen MR) is 175 cm³/mol. The molecule has 1 saturated heterocycles. The van der Waals surface area contributed by atoms with Gasteiger partial charge in [-0.25, -0.2) is 9.97 Å². The van der Waals surface area contributed by atoms with E-state index in [0.29, 0.717) is 11.4 Å². The van der Waals surface area contributed by atoms with Crippen LogP contribution in [0.25, 0.3) is 11.0 Å². The van der Waals surface area contributed by atoms with Crippen LogP contribution in [0.1, 0.15) is 69.9 Å². The van der Waals surface area contributed by atoms with Crippen LogP contribution in [-0.4, -0.2) is 74.7 Å². The summed E-state index contributed by atoms with van der Waals surface area (Å²) >= 11 is 0. The Kier molecular flexibility index (Phi) is 8.67. The number of nitrogens with one attached hydrogen (secondary N) is 1. The Morgan fingerprint density at radius 2 is 1.73 bits per heavy atom. The Labute approximate surface area is 259 Å². The largest absolute Gasteiger partial charge is 0.393 e. The second kappa shape index (κ2) is 12.8. The van der Waals surface area contributed by atoms with E-state index in [-0.39, 0.29) is 18.1 Å². The highest BCUT2D eigenvalue weighted by atomic mass is 16.3. The van der Waals surface area contributed by atoms with E-state index in [0.717, 1.165) is 91.8 Å². The molecule has 9 heteroatoms. The number of aliphatic hydroxyl groups excluding tert-OH is 1. The maximum absolute atomic E-state index is 13.3. The number of nitrogens with zero attached hydrogens (tertiary/aromatic N) is 5. The lowest BCUT2D eigenvalue weighted by Crippen LogP contribution is -2.43. The zero-order valence-electron chi connectivity index (χ0n) is 25.8. The number of aryl methyl sites for hydroxylation is 2. The van der Waals surface area contributed by atoms with Gasteiger partial charge >= 0.3 is 0 Å². The number of carbonyl (C=O) groups is 1. The van der Waals surface area contributed by atoms with E-state index in [9.17, 15) is 9.90 Å². The number of amides is 1. The summed E-state index contributed by atoms with van der Waals surface area (Å²) in [5.41, 5.74) is 13.4. The quantitative estimate of drug-likeness (QED) is 0.293. The molecule has 1 aliphatic heterocycles. The van der Waals surface area contributed by atoms with Crippen LogP contribution in [0, 0.1) is 25.7 Å². The van der Waals surface area contributed by atoms with Crippen LogP contribution in [0.4, 0.5) is 11.5 Å². The number of fused-ring (bicyclic) bond motifs is 1. The first-order valence-corrected chi connectivity index (χ1v) is 15.5. The normalized spacial score (nSPS) is 19.5. The number of aliphatic hydroxyl groups is 1. The maximum atomic E-state index is 13.3. The van der Waals surface area contributed by atoms with Gasteiger partial charge in [-0.2, -0.15) is 0 Å². The first-order valence-electron chi connectivity index (χ1n) is 15.5. The molecule has 228 valence electrons. The molecule has 3 heterocycles. The van der Waals surface area contributed by atoms with E-state index in [2.05, 4.69) is 61.5 Å². The summed E-state index contributed by atoms with van der Waals surface area (Å²) in [6.45, 7) is 9.34. The van der Waals surface area contributed by atoms with Gasteiger partial charge in [0.1, 0.15) is 17.8 Å². The van der Waals surface area contributed by atoms with Crippen molar-refractivity contribution in [1.82, 2.24) is 24.3 Å². The van der Waals surface area contributed by atoms with Gasteiger partial charge in [-0.3, -0.25) is 9.69 Å². The Hall–Kier alpha value is -4.23. The molecular formula is C35H41N7O2. The van der Waals surface area contributed by atoms with E-state index in [1.807, 2.05) is 43.5 Å². The van der Waals surface area contributed by atoms with Gasteiger partial charge in [0.15, 0.2) is 0 Å². The van der Waals surface area contributed by atoms with Gasteiger partial charge in [0.2, 0.25) is 0 Å². The summed E-state index contributed by atoms with van der Waals surface area (Å²) < 4.78 is 2.14. The van der Waals surface area contributed by atoms with Crippen LogP contribution in [-0.2, 0) is 6.54 Å². The maximum Gasteiger partial charge on any atom is 0.255 e. The van der Waals surface area contributed by atoms with Crippen LogP contribution >= 0.6 is 0 Å². The average molecular weight is 592 g/mol. The predicted octanol–water partition coefficient (Wildman–Crippen LogP) is 4.51. The summed E-state index contributed by atoms with van der Waals surface area (Å²) in [6, 6.07) is 12.0. The highest BCUT2D eigenvalue weighted by molar-refractivity contribution is 6.04. The minimum Gasteiger partial charge on any atom is -0.393 e. The molecule has 0 radical (unpaired) electrons. The first kappa shape index (κ1) is 29.8. The van der Waals surface area contributed by atoms with Crippen molar-refractivity contribution < 1.29 is 9.90 Å². The third-order valence-electron chi connectivity index (χ3n) is 9.12. The Balaban J connectivity index is 1.20. The summed E-state index contributed by atoms with van der Waals surface area (Å²) in [4.78, 5) is 26.9. The molecule has 44 heavy (non-hydrogen) atoms. The van der Waals surface area contributed by atoms with Gasteiger partial charge in [0.25, 0.3) is 5.91 Å². The number of nitrogen functional groups attached to an aromatic ring is 1. The smallest absolute Gasteiger partial charge is 0.255 e. The van der Waals surface area contributed by atoms with Crippen molar-refractivity contribution in [2.75, 3.05) is 44.3 Å². The minimum atomic E-state index is -0.241. The molecule has 2 aliphatic rings. The van der Waals surface area contributed by atoms with Crippen LogP contribution in [0.15, 0.2) is 48.9 Å².